The van der Waals surface area contributed by atoms with Crippen LogP contribution in [0.3, 0.4) is 0 Å². The summed E-state index contributed by atoms with van der Waals surface area (Å²) in [6, 6.07) is 6.19. The average Bonchev–Trinajstić information content (AvgIpc) is 2.86. The van der Waals surface area contributed by atoms with Gasteiger partial charge in [-0.1, -0.05) is 6.07 Å². The third-order valence-electron chi connectivity index (χ3n) is 3.08. The van der Waals surface area contributed by atoms with Gasteiger partial charge in [-0.2, -0.15) is 0 Å². The zero-order valence-corrected chi connectivity index (χ0v) is 12.0. The summed E-state index contributed by atoms with van der Waals surface area (Å²) in [6.07, 6.45) is 1.51. The van der Waals surface area contributed by atoms with Gasteiger partial charge in [0, 0.05) is 18.2 Å². The lowest BCUT2D eigenvalue weighted by atomic mass is 10.2. The van der Waals surface area contributed by atoms with Crippen molar-refractivity contribution in [2.45, 2.75) is 26.4 Å². The molecule has 1 aromatic heterocycles. The molecule has 112 valence electrons. The van der Waals surface area contributed by atoms with Crippen molar-refractivity contribution in [1.29, 1.82) is 0 Å². The number of hydrogen-bond acceptors (Lipinski definition) is 4. The van der Waals surface area contributed by atoms with Gasteiger partial charge in [0.05, 0.1) is 12.2 Å². The molecule has 0 fully saturated rings. The molecule has 0 saturated heterocycles. The van der Waals surface area contributed by atoms with Gasteiger partial charge in [-0.25, -0.2) is 9.37 Å². The second-order valence-electron chi connectivity index (χ2n) is 5.12. The quantitative estimate of drug-likeness (QED) is 0.885. The Kier molecular flexibility index (Phi) is 4.70. The monoisotopic (exact) mass is 291 g/mol. The molecule has 0 bridgehead atoms. The van der Waals surface area contributed by atoms with Crippen LogP contribution in [-0.2, 0) is 11.3 Å². The molecular weight excluding hydrogens is 273 g/mol. The molecule has 0 radical (unpaired) electrons. The number of aromatic nitrogens is 1. The lowest BCUT2D eigenvalue weighted by molar-refractivity contribution is -0.119. The molecule has 0 aliphatic carbocycles. The number of carbonyl (C=O) groups excluding carboxylic acids is 1. The van der Waals surface area contributed by atoms with Gasteiger partial charge in [0.15, 0.2) is 0 Å². The van der Waals surface area contributed by atoms with Crippen LogP contribution in [0.1, 0.15) is 19.5 Å². The summed E-state index contributed by atoms with van der Waals surface area (Å²) in [6.45, 7) is 4.53. The summed E-state index contributed by atoms with van der Waals surface area (Å²) in [7, 11) is 0. The van der Waals surface area contributed by atoms with Crippen molar-refractivity contribution < 1.29 is 13.6 Å². The van der Waals surface area contributed by atoms with E-state index in [0.717, 1.165) is 0 Å². The van der Waals surface area contributed by atoms with Crippen LogP contribution < -0.4 is 5.73 Å². The fourth-order valence-electron chi connectivity index (χ4n) is 1.96. The van der Waals surface area contributed by atoms with Crippen LogP contribution in [0, 0.1) is 5.82 Å². The molecule has 0 aliphatic heterocycles. The van der Waals surface area contributed by atoms with Crippen LogP contribution in [0.2, 0.25) is 0 Å². The van der Waals surface area contributed by atoms with Crippen molar-refractivity contribution in [3.8, 4) is 11.5 Å². The van der Waals surface area contributed by atoms with Gasteiger partial charge in [-0.15, -0.1) is 0 Å². The van der Waals surface area contributed by atoms with Crippen LogP contribution in [0.15, 0.2) is 34.9 Å². The van der Waals surface area contributed by atoms with E-state index in [1.165, 1.54) is 18.4 Å². The van der Waals surface area contributed by atoms with Crippen molar-refractivity contribution in [3.05, 3.63) is 42.0 Å². The first-order valence-electron chi connectivity index (χ1n) is 6.68. The van der Waals surface area contributed by atoms with Crippen molar-refractivity contribution in [1.82, 2.24) is 9.88 Å². The first-order chi connectivity index (χ1) is 9.95. The van der Waals surface area contributed by atoms with Crippen LogP contribution in [0.5, 0.6) is 0 Å². The molecule has 2 aromatic rings. The third kappa shape index (κ3) is 4.13. The second kappa shape index (κ2) is 6.49. The fourth-order valence-corrected chi connectivity index (χ4v) is 1.96. The molecule has 2 N–H and O–H groups in total. The van der Waals surface area contributed by atoms with Crippen LogP contribution in [0.4, 0.5) is 4.39 Å². The van der Waals surface area contributed by atoms with Gasteiger partial charge in [0.25, 0.3) is 0 Å². The predicted molar refractivity (Wildman–Crippen MR) is 76.6 cm³/mol. The largest absolute Gasteiger partial charge is 0.444 e. The number of halogens is 1. The molecule has 1 amide bonds. The highest BCUT2D eigenvalue weighted by molar-refractivity contribution is 5.75. The van der Waals surface area contributed by atoms with E-state index in [-0.39, 0.29) is 18.4 Å². The highest BCUT2D eigenvalue weighted by atomic mass is 19.1. The van der Waals surface area contributed by atoms with E-state index in [1.807, 2.05) is 18.7 Å². The maximum atomic E-state index is 13.2. The molecule has 0 aliphatic rings. The summed E-state index contributed by atoms with van der Waals surface area (Å²) in [4.78, 5) is 17.3. The topological polar surface area (TPSA) is 72.4 Å². The van der Waals surface area contributed by atoms with Crippen molar-refractivity contribution in [2.24, 2.45) is 5.73 Å². The Morgan fingerprint density at radius 3 is 2.86 bits per heavy atom. The third-order valence-corrected chi connectivity index (χ3v) is 3.08. The number of nitrogens with two attached hydrogens (primary N) is 1. The number of amides is 1. The molecule has 0 unspecified atom stereocenters. The van der Waals surface area contributed by atoms with Crippen LogP contribution >= 0.6 is 0 Å². The Morgan fingerprint density at radius 1 is 1.48 bits per heavy atom. The molecule has 21 heavy (non-hydrogen) atoms. The Hall–Kier alpha value is -2.21. The maximum Gasteiger partial charge on any atom is 0.231 e. The summed E-state index contributed by atoms with van der Waals surface area (Å²) >= 11 is 0. The van der Waals surface area contributed by atoms with Gasteiger partial charge in [-0.3, -0.25) is 9.69 Å². The fraction of sp³-hybridized carbons (Fsp3) is 0.333. The zero-order chi connectivity index (χ0) is 15.4. The van der Waals surface area contributed by atoms with Crippen LogP contribution in [0.25, 0.3) is 11.5 Å². The van der Waals surface area contributed by atoms with E-state index >= 15 is 0 Å². The first kappa shape index (κ1) is 15.2. The van der Waals surface area contributed by atoms with Gasteiger partial charge < -0.3 is 10.2 Å². The van der Waals surface area contributed by atoms with Gasteiger partial charge in [-0.05, 0) is 32.0 Å². The Labute approximate surface area is 122 Å². The zero-order valence-electron chi connectivity index (χ0n) is 12.0. The van der Waals surface area contributed by atoms with Crippen molar-refractivity contribution in [2.75, 3.05) is 6.54 Å². The Morgan fingerprint density at radius 2 is 2.24 bits per heavy atom. The minimum Gasteiger partial charge on any atom is -0.444 e. The highest BCUT2D eigenvalue weighted by Gasteiger charge is 2.15. The van der Waals surface area contributed by atoms with Gasteiger partial charge in [0.1, 0.15) is 12.1 Å². The van der Waals surface area contributed by atoms with E-state index in [2.05, 4.69) is 4.98 Å². The molecule has 0 saturated carbocycles. The molecule has 0 atom stereocenters. The number of oxazole rings is 1. The molecule has 6 heteroatoms. The Balaban J connectivity index is 2.14. The smallest absolute Gasteiger partial charge is 0.231 e. The summed E-state index contributed by atoms with van der Waals surface area (Å²) in [5.41, 5.74) is 6.48. The summed E-state index contributed by atoms with van der Waals surface area (Å²) < 4.78 is 18.6. The molecule has 1 aromatic carbocycles. The SMILES string of the molecule is CC(C)N(CC(N)=O)Cc1coc(-c2cccc(F)c2)n1. The van der Waals surface area contributed by atoms with Gasteiger partial charge in [0.2, 0.25) is 11.8 Å². The van der Waals surface area contributed by atoms with E-state index in [1.54, 1.807) is 12.1 Å². The van der Waals surface area contributed by atoms with Crippen LogP contribution in [-0.4, -0.2) is 28.4 Å². The standard InChI is InChI=1S/C15H18FN3O2/c1-10(2)19(8-14(17)20)7-13-9-21-15(18-13)11-4-3-5-12(16)6-11/h3-6,9-10H,7-8H2,1-2H3,(H2,17,20). The van der Waals surface area contributed by atoms with Gasteiger partial charge >= 0.3 is 0 Å². The first-order valence-corrected chi connectivity index (χ1v) is 6.68. The molecule has 2 rings (SSSR count). The number of hydrogen-bond donors (Lipinski definition) is 1. The average molecular weight is 291 g/mol. The number of carbonyl (C=O) groups is 1. The lowest BCUT2D eigenvalue weighted by Crippen LogP contribution is -2.38. The van der Waals surface area contributed by atoms with E-state index in [9.17, 15) is 9.18 Å². The second-order valence-corrected chi connectivity index (χ2v) is 5.12. The maximum absolute atomic E-state index is 13.2. The Bertz CT molecular complexity index is 625. The summed E-state index contributed by atoms with van der Waals surface area (Å²) in [5, 5.41) is 0. The van der Waals surface area contributed by atoms with E-state index in [4.69, 9.17) is 10.2 Å². The minimum absolute atomic E-state index is 0.145. The lowest BCUT2D eigenvalue weighted by Gasteiger charge is -2.23. The van der Waals surface area contributed by atoms with E-state index in [0.29, 0.717) is 23.7 Å². The summed E-state index contributed by atoms with van der Waals surface area (Å²) in [5.74, 6) is -0.380. The predicted octanol–water partition coefficient (Wildman–Crippen LogP) is 2.18. The highest BCUT2D eigenvalue weighted by Crippen LogP contribution is 2.20. The van der Waals surface area contributed by atoms with E-state index < -0.39 is 5.91 Å². The molecule has 0 spiro atoms. The number of primary amides is 1. The molecule has 5 nitrogen and oxygen atoms in total. The number of nitrogens with zero attached hydrogens (tertiary/aromatic N) is 2. The minimum atomic E-state index is -0.391. The number of benzene rings is 1. The molecule has 1 heterocycles. The van der Waals surface area contributed by atoms with Crippen molar-refractivity contribution in [3.63, 3.8) is 0 Å². The normalized spacial score (nSPS) is 11.3. The number of rotatable bonds is 6. The molecular formula is C15H18FN3O2. The van der Waals surface area contributed by atoms with Crippen molar-refractivity contribution >= 4 is 5.91 Å².